The highest BCUT2D eigenvalue weighted by molar-refractivity contribution is 7.98. The average molecular weight is 212 g/mol. The van der Waals surface area contributed by atoms with Crippen molar-refractivity contribution in [3.05, 3.63) is 11.9 Å². The second-order valence-corrected chi connectivity index (χ2v) is 3.40. The van der Waals surface area contributed by atoms with E-state index in [9.17, 15) is 0 Å². The van der Waals surface area contributed by atoms with Gasteiger partial charge in [0.15, 0.2) is 0 Å². The van der Waals surface area contributed by atoms with Crippen LogP contribution in [0.5, 0.6) is 0 Å². The molecule has 0 unspecified atom stereocenters. The smallest absolute Gasteiger partial charge is 0.209 e. The van der Waals surface area contributed by atoms with E-state index in [1.54, 1.807) is 0 Å². The molecule has 0 spiro atoms. The third-order valence-corrected chi connectivity index (χ3v) is 2.16. The number of hydrogen-bond acceptors (Lipinski definition) is 6. The fourth-order valence-corrected chi connectivity index (χ4v) is 1.30. The lowest BCUT2D eigenvalue weighted by atomic mass is 10.2. The molecule has 0 amide bonds. The van der Waals surface area contributed by atoms with E-state index in [2.05, 4.69) is 20.3 Å². The van der Waals surface area contributed by atoms with Gasteiger partial charge in [0, 0.05) is 0 Å². The first-order chi connectivity index (χ1) is 6.81. The molecular weight excluding hydrogens is 200 g/mol. The van der Waals surface area contributed by atoms with Crippen LogP contribution in [-0.2, 0) is 0 Å². The molecule has 0 aliphatic carbocycles. The van der Waals surface area contributed by atoms with Crippen LogP contribution in [0.3, 0.4) is 0 Å². The Morgan fingerprint density at radius 1 is 1.64 bits per heavy atom. The van der Waals surface area contributed by atoms with E-state index >= 15 is 0 Å². The molecule has 76 valence electrons. The molecule has 0 bridgehead atoms. The van der Waals surface area contributed by atoms with Gasteiger partial charge in [-0.05, 0) is 12.7 Å². The quantitative estimate of drug-likeness (QED) is 0.355. The summed E-state index contributed by atoms with van der Waals surface area (Å²) in [6.45, 7) is 2.01. The maximum absolute atomic E-state index is 8.77. The Bertz CT molecular complexity index is 329. The van der Waals surface area contributed by atoms with E-state index in [0.717, 1.165) is 6.42 Å². The monoisotopic (exact) mass is 212 g/mol. The van der Waals surface area contributed by atoms with Crippen LogP contribution in [-0.4, -0.2) is 32.4 Å². The van der Waals surface area contributed by atoms with Crippen LogP contribution in [0.15, 0.2) is 16.5 Å². The lowest BCUT2D eigenvalue weighted by molar-refractivity contribution is 0.317. The highest BCUT2D eigenvalue weighted by Gasteiger charge is 2.07. The molecular formula is C8H12N4OS. The largest absolute Gasteiger partial charge is 0.411 e. The van der Waals surface area contributed by atoms with E-state index in [4.69, 9.17) is 5.21 Å². The van der Waals surface area contributed by atoms with Gasteiger partial charge in [-0.25, -0.2) is 4.98 Å². The Hall–Kier alpha value is -1.17. The van der Waals surface area contributed by atoms with Gasteiger partial charge in [-0.3, -0.25) is 0 Å². The van der Waals surface area contributed by atoms with E-state index in [1.165, 1.54) is 18.0 Å². The first-order valence-electron chi connectivity index (χ1n) is 4.26. The van der Waals surface area contributed by atoms with Crippen LogP contribution < -0.4 is 0 Å². The molecule has 5 nitrogen and oxygen atoms in total. The van der Waals surface area contributed by atoms with Crippen LogP contribution >= 0.6 is 11.8 Å². The number of aromatic nitrogens is 3. The zero-order chi connectivity index (χ0) is 10.4. The molecule has 1 rings (SSSR count). The zero-order valence-electron chi connectivity index (χ0n) is 8.14. The standard InChI is InChI=1S/C8H12N4OS/c1-3-4-6(12-13)7-5-9-11-8(10-7)14-2/h5,13H,3-4H2,1-2H3. The summed E-state index contributed by atoms with van der Waals surface area (Å²) in [5.74, 6) is 0. The molecule has 0 aromatic carbocycles. The maximum Gasteiger partial charge on any atom is 0.209 e. The Kier molecular flexibility index (Phi) is 4.31. The SMILES string of the molecule is CCCC(=NO)c1cnnc(SC)n1. The number of oxime groups is 1. The summed E-state index contributed by atoms with van der Waals surface area (Å²) in [6.07, 6.45) is 4.96. The van der Waals surface area contributed by atoms with Gasteiger partial charge in [0.25, 0.3) is 0 Å². The molecule has 6 heteroatoms. The van der Waals surface area contributed by atoms with Crippen molar-refractivity contribution in [1.82, 2.24) is 15.2 Å². The Morgan fingerprint density at radius 2 is 2.43 bits per heavy atom. The normalized spacial score (nSPS) is 11.7. The Labute approximate surface area is 86.7 Å². The van der Waals surface area contributed by atoms with E-state index in [0.29, 0.717) is 23.0 Å². The summed E-state index contributed by atoms with van der Waals surface area (Å²) in [7, 11) is 0. The molecule has 1 N–H and O–H groups in total. The first-order valence-corrected chi connectivity index (χ1v) is 5.49. The van der Waals surface area contributed by atoms with Crippen molar-refractivity contribution in [3.63, 3.8) is 0 Å². The molecule has 0 radical (unpaired) electrons. The minimum atomic E-state index is 0.553. The van der Waals surface area contributed by atoms with Crippen molar-refractivity contribution in [2.24, 2.45) is 5.16 Å². The van der Waals surface area contributed by atoms with Crippen LogP contribution in [0.25, 0.3) is 0 Å². The van der Waals surface area contributed by atoms with Gasteiger partial charge >= 0.3 is 0 Å². The number of hydrogen-bond donors (Lipinski definition) is 1. The Balaban J connectivity index is 2.93. The fourth-order valence-electron chi connectivity index (χ4n) is 0.979. The fraction of sp³-hybridized carbons (Fsp3) is 0.500. The summed E-state index contributed by atoms with van der Waals surface area (Å²) >= 11 is 1.41. The van der Waals surface area contributed by atoms with E-state index in [1.807, 2.05) is 13.2 Å². The lowest BCUT2D eigenvalue weighted by Crippen LogP contribution is -2.06. The summed E-state index contributed by atoms with van der Waals surface area (Å²) in [4.78, 5) is 4.18. The Morgan fingerprint density at radius 3 is 3.00 bits per heavy atom. The van der Waals surface area contributed by atoms with E-state index in [-0.39, 0.29) is 0 Å². The van der Waals surface area contributed by atoms with Gasteiger partial charge in [-0.1, -0.05) is 30.3 Å². The third-order valence-electron chi connectivity index (χ3n) is 1.63. The van der Waals surface area contributed by atoms with Crippen molar-refractivity contribution in [2.45, 2.75) is 24.9 Å². The highest BCUT2D eigenvalue weighted by Crippen LogP contribution is 2.08. The van der Waals surface area contributed by atoms with Crippen molar-refractivity contribution in [1.29, 1.82) is 0 Å². The minimum absolute atomic E-state index is 0.553. The molecule has 14 heavy (non-hydrogen) atoms. The number of rotatable bonds is 4. The summed E-state index contributed by atoms with van der Waals surface area (Å²) in [6, 6.07) is 0. The van der Waals surface area contributed by atoms with Gasteiger partial charge < -0.3 is 5.21 Å². The molecule has 1 aromatic rings. The van der Waals surface area contributed by atoms with Gasteiger partial charge in [-0.2, -0.15) is 5.10 Å². The van der Waals surface area contributed by atoms with Crippen molar-refractivity contribution < 1.29 is 5.21 Å². The molecule has 0 fully saturated rings. The molecule has 0 atom stereocenters. The van der Waals surface area contributed by atoms with Gasteiger partial charge in [0.05, 0.1) is 6.20 Å². The van der Waals surface area contributed by atoms with Crippen LogP contribution in [0.2, 0.25) is 0 Å². The summed E-state index contributed by atoms with van der Waals surface area (Å²) < 4.78 is 0. The topological polar surface area (TPSA) is 71.3 Å². The summed E-state index contributed by atoms with van der Waals surface area (Å²) in [5.41, 5.74) is 1.14. The summed E-state index contributed by atoms with van der Waals surface area (Å²) in [5, 5.41) is 20.1. The van der Waals surface area contributed by atoms with Crippen molar-refractivity contribution in [3.8, 4) is 0 Å². The maximum atomic E-state index is 8.77. The van der Waals surface area contributed by atoms with Gasteiger partial charge in [0.2, 0.25) is 5.16 Å². The third kappa shape index (κ3) is 2.66. The lowest BCUT2D eigenvalue weighted by Gasteiger charge is -2.01. The second kappa shape index (κ2) is 5.54. The van der Waals surface area contributed by atoms with Gasteiger partial charge in [0.1, 0.15) is 11.4 Å². The number of thioether (sulfide) groups is 1. The van der Waals surface area contributed by atoms with Crippen molar-refractivity contribution >= 4 is 17.5 Å². The highest BCUT2D eigenvalue weighted by atomic mass is 32.2. The minimum Gasteiger partial charge on any atom is -0.411 e. The zero-order valence-corrected chi connectivity index (χ0v) is 8.95. The van der Waals surface area contributed by atoms with Gasteiger partial charge in [-0.15, -0.1) is 5.10 Å². The first kappa shape index (κ1) is 10.9. The van der Waals surface area contributed by atoms with Crippen LogP contribution in [0.1, 0.15) is 25.5 Å². The molecule has 0 aliphatic heterocycles. The molecule has 0 aliphatic rings. The number of nitrogens with zero attached hydrogens (tertiary/aromatic N) is 4. The molecule has 1 heterocycles. The molecule has 1 aromatic heterocycles. The average Bonchev–Trinajstić information content (AvgIpc) is 2.26. The molecule has 0 saturated carbocycles. The van der Waals surface area contributed by atoms with Crippen molar-refractivity contribution in [2.75, 3.05) is 6.26 Å². The predicted octanol–water partition coefficient (Wildman–Crippen LogP) is 1.57. The molecule has 0 saturated heterocycles. The van der Waals surface area contributed by atoms with Crippen LogP contribution in [0, 0.1) is 0 Å². The second-order valence-electron chi connectivity index (χ2n) is 2.63. The van der Waals surface area contributed by atoms with Crippen LogP contribution in [0.4, 0.5) is 0 Å². The predicted molar refractivity (Wildman–Crippen MR) is 54.8 cm³/mol. The van der Waals surface area contributed by atoms with E-state index < -0.39 is 0 Å².